The molecule has 13 nitrogen and oxygen atoms in total. The van der Waals surface area contributed by atoms with Gasteiger partial charge in [-0.1, -0.05) is 0 Å². The van der Waals surface area contributed by atoms with E-state index in [9.17, 15) is 43.5 Å². The van der Waals surface area contributed by atoms with E-state index in [1.165, 1.54) is 12.1 Å². The molecule has 3 rings (SSSR count). The van der Waals surface area contributed by atoms with Crippen molar-refractivity contribution in [3.05, 3.63) is 42.5 Å². The Morgan fingerprint density at radius 3 is 2.03 bits per heavy atom. The van der Waals surface area contributed by atoms with Crippen LogP contribution >= 0.6 is 0 Å². The molecule has 0 atom stereocenters. The largest absolute Gasteiger partial charge is 1.00 e. The first-order valence-electron chi connectivity index (χ1n) is 8.15. The van der Waals surface area contributed by atoms with Gasteiger partial charge in [-0.3, -0.25) is 0 Å². The monoisotopic (exact) mass is 572 g/mol. The SMILES string of the molecule is O=S(=O)(O)c1cc(O)c2c(O)c(N=Nc3ccccc3[As](=O)(O)O)c(S(=O)(=O)O)cc2c1.[H-].[Na+]. The Hall–Kier alpha value is -1.78. The minimum absolute atomic E-state index is 0. The first kappa shape index (κ1) is 27.5. The maximum atomic E-state index is 11.8. The zero-order valence-corrected chi connectivity index (χ0v) is 21.9. The van der Waals surface area contributed by atoms with Crippen molar-refractivity contribution in [3.63, 3.8) is 0 Å². The maximum Gasteiger partial charge on any atom is 1.00 e. The van der Waals surface area contributed by atoms with E-state index >= 15 is 0 Å². The number of aromatic hydroxyl groups is 2. The first-order valence-corrected chi connectivity index (χ1v) is 14.4. The molecular formula is C16H14AsN2NaO11S2. The third kappa shape index (κ3) is 5.83. The van der Waals surface area contributed by atoms with Gasteiger partial charge in [-0.2, -0.15) is 0 Å². The minimum Gasteiger partial charge on any atom is -1.00 e. The van der Waals surface area contributed by atoms with Crippen LogP contribution in [0, 0.1) is 0 Å². The average Bonchev–Trinajstić information content (AvgIpc) is 2.64. The molecule has 0 aliphatic heterocycles. The summed E-state index contributed by atoms with van der Waals surface area (Å²) in [7, 11) is -9.93. The normalized spacial score (nSPS) is 12.7. The number of phenolic OH excluding ortho intramolecular Hbond substituents is 2. The number of azo groups is 1. The fourth-order valence-electron chi connectivity index (χ4n) is 2.78. The summed E-state index contributed by atoms with van der Waals surface area (Å²) in [4.78, 5) is -1.88. The molecule has 6 N–H and O–H groups in total. The van der Waals surface area contributed by atoms with Gasteiger partial charge >= 0.3 is 213 Å². The Balaban J connectivity index is 0.00000289. The van der Waals surface area contributed by atoms with E-state index in [1.54, 1.807) is 0 Å². The molecule has 33 heavy (non-hydrogen) atoms. The van der Waals surface area contributed by atoms with Crippen molar-refractivity contribution in [2.75, 3.05) is 0 Å². The fourth-order valence-corrected chi connectivity index (χ4v) is 5.44. The standard InChI is InChI=1S/C16H13AsN2O11S2.Na.H/c20-12-7-9(31(25,26)27)5-8-6-13(32(28,29)30)15(16(21)14(8)12)19-18-11-4-2-1-3-10(11)17(22,23)24;;/h1-7,20-21H,(H2,22,23,24)(H,25,26,27)(H,28,29,30);;/q;+1;-1. The molecule has 0 spiro atoms. The van der Waals surface area contributed by atoms with Crippen molar-refractivity contribution in [1.29, 1.82) is 0 Å². The van der Waals surface area contributed by atoms with Gasteiger partial charge in [0.15, 0.2) is 0 Å². The van der Waals surface area contributed by atoms with Gasteiger partial charge in [-0.25, -0.2) is 0 Å². The number of benzene rings is 3. The molecule has 0 saturated carbocycles. The first-order chi connectivity index (χ1) is 14.6. The maximum absolute atomic E-state index is 11.8. The number of fused-ring (bicyclic) bond motifs is 1. The number of hydrogen-bond acceptors (Lipinski definition) is 9. The molecule has 3 aromatic carbocycles. The molecule has 0 fully saturated rings. The molecule has 172 valence electrons. The fraction of sp³-hybridized carbons (Fsp3) is 0. The molecule has 0 saturated heterocycles. The molecule has 0 aliphatic rings. The topological polar surface area (TPSA) is 231 Å². The van der Waals surface area contributed by atoms with Gasteiger partial charge in [0.25, 0.3) is 0 Å². The Labute approximate surface area is 212 Å². The van der Waals surface area contributed by atoms with Gasteiger partial charge in [-0.05, 0) is 0 Å². The molecule has 0 bridgehead atoms. The van der Waals surface area contributed by atoms with Gasteiger partial charge in [0.2, 0.25) is 0 Å². The third-order valence-electron chi connectivity index (χ3n) is 4.13. The predicted octanol–water partition coefficient (Wildman–Crippen LogP) is -2.16. The van der Waals surface area contributed by atoms with E-state index in [-0.39, 0.29) is 36.7 Å². The summed E-state index contributed by atoms with van der Waals surface area (Å²) in [5.74, 6) is -1.93. The van der Waals surface area contributed by atoms with E-state index < -0.39 is 76.5 Å². The molecule has 0 heterocycles. The van der Waals surface area contributed by atoms with Crippen LogP contribution in [-0.4, -0.2) is 58.5 Å². The van der Waals surface area contributed by atoms with Gasteiger partial charge < -0.3 is 1.43 Å². The second kappa shape index (κ2) is 9.46. The van der Waals surface area contributed by atoms with E-state index in [2.05, 4.69) is 10.2 Å². The molecule has 3 aromatic rings. The van der Waals surface area contributed by atoms with E-state index in [1.807, 2.05) is 0 Å². The Morgan fingerprint density at radius 2 is 1.48 bits per heavy atom. The number of rotatable bonds is 5. The third-order valence-corrected chi connectivity index (χ3v) is 7.94. The summed E-state index contributed by atoms with van der Waals surface area (Å²) in [5, 5.41) is 26.8. The minimum atomic E-state index is -5.47. The van der Waals surface area contributed by atoms with Crippen molar-refractivity contribution in [1.82, 2.24) is 0 Å². The van der Waals surface area contributed by atoms with Crippen LogP contribution in [0.5, 0.6) is 11.5 Å². The van der Waals surface area contributed by atoms with Crippen LogP contribution in [0.1, 0.15) is 1.43 Å². The van der Waals surface area contributed by atoms with Crippen LogP contribution in [0.25, 0.3) is 10.8 Å². The van der Waals surface area contributed by atoms with Crippen LogP contribution in [0.2, 0.25) is 0 Å². The molecule has 0 aliphatic carbocycles. The van der Waals surface area contributed by atoms with Crippen LogP contribution in [-0.2, 0) is 24.0 Å². The summed E-state index contributed by atoms with van der Waals surface area (Å²) in [6.07, 6.45) is 0. The van der Waals surface area contributed by atoms with E-state index in [4.69, 9.17) is 4.55 Å². The number of hydrogen-bond donors (Lipinski definition) is 6. The Kier molecular flexibility index (Phi) is 7.87. The quantitative estimate of drug-likeness (QED) is 0.109. The second-order valence-corrected chi connectivity index (χ2v) is 12.4. The van der Waals surface area contributed by atoms with Crippen LogP contribution in [0.3, 0.4) is 0 Å². The predicted molar refractivity (Wildman–Crippen MR) is 109 cm³/mol. The molecule has 0 aromatic heterocycles. The summed E-state index contributed by atoms with van der Waals surface area (Å²) in [5.41, 5.74) is -1.26. The summed E-state index contributed by atoms with van der Waals surface area (Å²) >= 11 is -5.47. The van der Waals surface area contributed by atoms with Crippen molar-refractivity contribution >= 4 is 60.9 Å². The van der Waals surface area contributed by atoms with Gasteiger partial charge in [-0.15, -0.1) is 0 Å². The van der Waals surface area contributed by atoms with Crippen LogP contribution in [0.4, 0.5) is 11.4 Å². The number of nitrogens with zero attached hydrogens (tertiary/aromatic N) is 2. The summed E-state index contributed by atoms with van der Waals surface area (Å²) < 4.78 is 95.2. The van der Waals surface area contributed by atoms with Gasteiger partial charge in [0.1, 0.15) is 0 Å². The van der Waals surface area contributed by atoms with Crippen molar-refractivity contribution < 1.29 is 79.1 Å². The molecule has 17 heteroatoms. The van der Waals surface area contributed by atoms with E-state index in [0.717, 1.165) is 18.2 Å². The molecule has 0 unspecified atom stereocenters. The van der Waals surface area contributed by atoms with Crippen LogP contribution in [0.15, 0.2) is 62.5 Å². The molecular weight excluding hydrogens is 558 g/mol. The summed E-state index contributed by atoms with van der Waals surface area (Å²) in [6.45, 7) is 0. The van der Waals surface area contributed by atoms with Crippen LogP contribution < -0.4 is 33.9 Å². The van der Waals surface area contributed by atoms with Crippen molar-refractivity contribution in [2.45, 2.75) is 9.79 Å². The zero-order chi connectivity index (χ0) is 24.1. The van der Waals surface area contributed by atoms with Gasteiger partial charge in [0.05, 0.1) is 0 Å². The Morgan fingerprint density at radius 1 is 0.879 bits per heavy atom. The summed E-state index contributed by atoms with van der Waals surface area (Å²) in [6, 6.07) is 6.86. The van der Waals surface area contributed by atoms with Gasteiger partial charge in [0, 0.05) is 0 Å². The molecule has 0 amide bonds. The van der Waals surface area contributed by atoms with Crippen molar-refractivity contribution in [2.24, 2.45) is 10.2 Å². The van der Waals surface area contributed by atoms with Crippen molar-refractivity contribution in [3.8, 4) is 11.5 Å². The smallest absolute Gasteiger partial charge is 1.00 e. The Bertz CT molecular complexity index is 1560. The van der Waals surface area contributed by atoms with E-state index in [0.29, 0.717) is 12.1 Å². The zero-order valence-electron chi connectivity index (χ0n) is 17.4. The average molecular weight is 572 g/mol. The second-order valence-electron chi connectivity index (χ2n) is 6.30. The molecule has 0 radical (unpaired) electrons. The number of phenols is 2.